The zero-order chi connectivity index (χ0) is 17.8. The minimum atomic E-state index is -3.18. The summed E-state index contributed by atoms with van der Waals surface area (Å²) in [6.07, 6.45) is 1.82. The Kier molecular flexibility index (Phi) is 6.04. The van der Waals surface area contributed by atoms with E-state index in [2.05, 4.69) is 30.7 Å². The van der Waals surface area contributed by atoms with Crippen molar-refractivity contribution in [2.75, 3.05) is 18.8 Å². The Morgan fingerprint density at radius 1 is 1.21 bits per heavy atom. The molecule has 0 aromatic heterocycles. The molecule has 2 rings (SSSR count). The molecule has 1 N–H and O–H groups in total. The summed E-state index contributed by atoms with van der Waals surface area (Å²) < 4.78 is 26.0. The van der Waals surface area contributed by atoms with Crippen LogP contribution in [-0.2, 0) is 20.2 Å². The van der Waals surface area contributed by atoms with Gasteiger partial charge in [0.1, 0.15) is 0 Å². The van der Waals surface area contributed by atoms with Crippen LogP contribution in [0.3, 0.4) is 0 Å². The molecule has 1 aliphatic rings. The van der Waals surface area contributed by atoms with Crippen molar-refractivity contribution in [1.29, 1.82) is 0 Å². The van der Waals surface area contributed by atoms with E-state index in [0.717, 1.165) is 5.56 Å². The molecule has 0 radical (unpaired) electrons. The highest BCUT2D eigenvalue weighted by molar-refractivity contribution is 7.89. The minimum Gasteiger partial charge on any atom is -0.343 e. The van der Waals surface area contributed by atoms with Gasteiger partial charge in [0.25, 0.3) is 0 Å². The summed E-state index contributed by atoms with van der Waals surface area (Å²) >= 11 is 0. The Labute approximate surface area is 145 Å². The quantitative estimate of drug-likeness (QED) is 0.854. The third-order valence-corrected chi connectivity index (χ3v) is 6.17. The van der Waals surface area contributed by atoms with E-state index in [1.54, 1.807) is 6.92 Å². The van der Waals surface area contributed by atoms with Crippen molar-refractivity contribution in [2.45, 2.75) is 51.5 Å². The Hall–Kier alpha value is -1.40. The number of hydrogen-bond donors (Lipinski definition) is 1. The topological polar surface area (TPSA) is 66.5 Å². The van der Waals surface area contributed by atoms with E-state index < -0.39 is 10.0 Å². The molecule has 1 fully saturated rings. The van der Waals surface area contributed by atoms with Gasteiger partial charge in [-0.3, -0.25) is 4.79 Å². The number of likely N-dealkylation sites (tertiary alicyclic amines) is 1. The van der Waals surface area contributed by atoms with Crippen molar-refractivity contribution in [1.82, 2.24) is 9.62 Å². The molecule has 134 valence electrons. The number of amides is 1. The zero-order valence-electron chi connectivity index (χ0n) is 14.8. The van der Waals surface area contributed by atoms with E-state index in [1.165, 1.54) is 0 Å². The van der Waals surface area contributed by atoms with Gasteiger partial charge in [-0.15, -0.1) is 0 Å². The van der Waals surface area contributed by atoms with E-state index in [9.17, 15) is 13.2 Å². The molecule has 5 nitrogen and oxygen atoms in total. The Bertz CT molecular complexity index is 648. The molecule has 24 heavy (non-hydrogen) atoms. The third kappa shape index (κ3) is 5.05. The first-order valence-electron chi connectivity index (χ1n) is 8.57. The molecule has 1 saturated heterocycles. The van der Waals surface area contributed by atoms with Gasteiger partial charge in [-0.2, -0.15) is 0 Å². The number of carbonyl (C=O) groups is 1. The zero-order valence-corrected chi connectivity index (χ0v) is 15.6. The average Bonchev–Trinajstić information content (AvgIpc) is 2.55. The summed E-state index contributed by atoms with van der Waals surface area (Å²) in [5.41, 5.74) is 0.947. The summed E-state index contributed by atoms with van der Waals surface area (Å²) in [5.74, 6) is 0.234. The second kappa shape index (κ2) is 7.66. The first-order valence-corrected chi connectivity index (χ1v) is 10.2. The van der Waals surface area contributed by atoms with Crippen molar-refractivity contribution >= 4 is 15.9 Å². The number of benzene rings is 1. The molecule has 6 heteroatoms. The van der Waals surface area contributed by atoms with Crippen molar-refractivity contribution in [3.63, 3.8) is 0 Å². The van der Waals surface area contributed by atoms with Gasteiger partial charge in [0, 0.05) is 25.6 Å². The second-order valence-corrected chi connectivity index (χ2v) is 9.15. The summed E-state index contributed by atoms with van der Waals surface area (Å²) in [6, 6.07) is 10.0. The number of sulfonamides is 1. The van der Waals surface area contributed by atoms with Gasteiger partial charge >= 0.3 is 0 Å². The molecule has 0 unspecified atom stereocenters. The maximum atomic E-state index is 12.6. The predicted octanol–water partition coefficient (Wildman–Crippen LogP) is 2.28. The SMILES string of the molecule is CCS(=O)(=O)NC1CCN(C(=O)CC(C)(C)c2ccccc2)CC1. The van der Waals surface area contributed by atoms with Gasteiger partial charge in [-0.25, -0.2) is 13.1 Å². The highest BCUT2D eigenvalue weighted by Crippen LogP contribution is 2.28. The number of carbonyl (C=O) groups excluding carboxylic acids is 1. The fraction of sp³-hybridized carbons (Fsp3) is 0.611. The van der Waals surface area contributed by atoms with Gasteiger partial charge in [0.15, 0.2) is 0 Å². The standard InChI is InChI=1S/C18H28N2O3S/c1-4-24(22,23)19-16-10-12-20(13-11-16)17(21)14-18(2,3)15-8-6-5-7-9-15/h5-9,16,19H,4,10-14H2,1-3H3. The van der Waals surface area contributed by atoms with Crippen LogP contribution in [0.4, 0.5) is 0 Å². The van der Waals surface area contributed by atoms with Gasteiger partial charge in [-0.05, 0) is 30.7 Å². The van der Waals surface area contributed by atoms with Gasteiger partial charge < -0.3 is 4.90 Å². The Balaban J connectivity index is 1.89. The van der Waals surface area contributed by atoms with Crippen LogP contribution in [0.25, 0.3) is 0 Å². The smallest absolute Gasteiger partial charge is 0.223 e. The van der Waals surface area contributed by atoms with Crippen LogP contribution in [0.2, 0.25) is 0 Å². The number of piperidine rings is 1. The number of nitrogens with zero attached hydrogens (tertiary/aromatic N) is 1. The van der Waals surface area contributed by atoms with Crippen molar-refractivity contribution in [3.8, 4) is 0 Å². The molecule has 0 bridgehead atoms. The molecule has 1 aliphatic heterocycles. The maximum absolute atomic E-state index is 12.6. The summed E-state index contributed by atoms with van der Waals surface area (Å²) in [4.78, 5) is 14.5. The van der Waals surface area contributed by atoms with E-state index >= 15 is 0 Å². The lowest BCUT2D eigenvalue weighted by Crippen LogP contribution is -2.47. The fourth-order valence-electron chi connectivity index (χ4n) is 3.07. The molecule has 1 aromatic rings. The lowest BCUT2D eigenvalue weighted by Gasteiger charge is -2.34. The minimum absolute atomic E-state index is 0.0545. The molecule has 0 atom stereocenters. The maximum Gasteiger partial charge on any atom is 0.223 e. The van der Waals surface area contributed by atoms with Gasteiger partial charge in [-0.1, -0.05) is 44.2 Å². The average molecular weight is 353 g/mol. The molecular formula is C18H28N2O3S. The van der Waals surface area contributed by atoms with Crippen LogP contribution in [0.1, 0.15) is 45.6 Å². The third-order valence-electron chi connectivity index (χ3n) is 4.72. The van der Waals surface area contributed by atoms with Crippen LogP contribution >= 0.6 is 0 Å². The second-order valence-electron chi connectivity index (χ2n) is 7.10. The molecule has 1 amide bonds. The molecule has 0 saturated carbocycles. The van der Waals surface area contributed by atoms with Gasteiger partial charge in [0.2, 0.25) is 15.9 Å². The lowest BCUT2D eigenvalue weighted by atomic mass is 9.81. The highest BCUT2D eigenvalue weighted by Gasteiger charge is 2.30. The summed E-state index contributed by atoms with van der Waals surface area (Å²) in [5, 5.41) is 0. The molecule has 0 spiro atoms. The van der Waals surface area contributed by atoms with Crippen molar-refractivity contribution in [2.24, 2.45) is 0 Å². The normalized spacial score (nSPS) is 17.0. The molecular weight excluding hydrogens is 324 g/mol. The fourth-order valence-corrected chi connectivity index (χ4v) is 3.98. The van der Waals surface area contributed by atoms with Gasteiger partial charge in [0.05, 0.1) is 5.75 Å². The first-order chi connectivity index (χ1) is 11.2. The first kappa shape index (κ1) is 18.9. The van der Waals surface area contributed by atoms with E-state index in [-0.39, 0.29) is 23.1 Å². The molecule has 0 aliphatic carbocycles. The number of nitrogens with one attached hydrogen (secondary N) is 1. The predicted molar refractivity (Wildman–Crippen MR) is 96.3 cm³/mol. The van der Waals surface area contributed by atoms with Crippen LogP contribution in [0.15, 0.2) is 30.3 Å². The van der Waals surface area contributed by atoms with Crippen LogP contribution in [-0.4, -0.2) is 44.1 Å². The molecule has 1 heterocycles. The van der Waals surface area contributed by atoms with Crippen molar-refractivity contribution in [3.05, 3.63) is 35.9 Å². The summed E-state index contributed by atoms with van der Waals surface area (Å²) in [7, 11) is -3.18. The number of hydrogen-bond acceptors (Lipinski definition) is 3. The van der Waals surface area contributed by atoms with Crippen molar-refractivity contribution < 1.29 is 13.2 Å². The Morgan fingerprint density at radius 2 is 1.79 bits per heavy atom. The van der Waals surface area contributed by atoms with E-state index in [1.807, 2.05) is 23.1 Å². The van der Waals surface area contributed by atoms with E-state index in [0.29, 0.717) is 32.4 Å². The van der Waals surface area contributed by atoms with Crippen LogP contribution in [0.5, 0.6) is 0 Å². The monoisotopic (exact) mass is 352 g/mol. The van der Waals surface area contributed by atoms with E-state index in [4.69, 9.17) is 0 Å². The highest BCUT2D eigenvalue weighted by atomic mass is 32.2. The number of rotatable bonds is 6. The Morgan fingerprint density at radius 3 is 2.33 bits per heavy atom. The summed E-state index contributed by atoms with van der Waals surface area (Å²) in [6.45, 7) is 7.03. The lowest BCUT2D eigenvalue weighted by molar-refractivity contribution is -0.133. The van der Waals surface area contributed by atoms with Crippen LogP contribution < -0.4 is 4.72 Å². The van der Waals surface area contributed by atoms with Crippen LogP contribution in [0, 0.1) is 0 Å². The molecule has 1 aromatic carbocycles. The largest absolute Gasteiger partial charge is 0.343 e.